The largest absolute Gasteiger partial charge is 0.385 e. The molecule has 1 atom stereocenters. The minimum Gasteiger partial charge on any atom is -0.385 e. The van der Waals surface area contributed by atoms with Gasteiger partial charge >= 0.3 is 0 Å². The number of anilines is 1. The van der Waals surface area contributed by atoms with Gasteiger partial charge in [0.1, 0.15) is 5.78 Å². The molecule has 4 rings (SSSR count). The quantitative estimate of drug-likeness (QED) is 0.687. The van der Waals surface area contributed by atoms with Crippen molar-refractivity contribution in [1.29, 1.82) is 0 Å². The summed E-state index contributed by atoms with van der Waals surface area (Å²) in [6.45, 7) is 4.45. The minimum atomic E-state index is 0.0948. The smallest absolute Gasteiger partial charge is 0.143 e. The van der Waals surface area contributed by atoms with Gasteiger partial charge in [-0.15, -0.1) is 0 Å². The summed E-state index contributed by atoms with van der Waals surface area (Å²) >= 11 is 6.48. The van der Waals surface area contributed by atoms with Crippen molar-refractivity contribution in [3.05, 3.63) is 47.2 Å². The van der Waals surface area contributed by atoms with E-state index >= 15 is 0 Å². The number of Topliss-reactive ketones (excluding diaryl/α,β-unsaturated/α-hetero) is 1. The highest BCUT2D eigenvalue weighted by atomic mass is 35.5. The Morgan fingerprint density at radius 3 is 2.90 bits per heavy atom. The van der Waals surface area contributed by atoms with Crippen LogP contribution in [0.3, 0.4) is 0 Å². The zero-order chi connectivity index (χ0) is 20.8. The normalized spacial score (nSPS) is 20.1. The van der Waals surface area contributed by atoms with Crippen LogP contribution in [0.4, 0.5) is 5.69 Å². The number of carbonyl (C=O) groups excluding carboxylic acids is 1. The highest BCUT2D eigenvalue weighted by Crippen LogP contribution is 2.30. The number of pyridine rings is 1. The zero-order valence-electron chi connectivity index (χ0n) is 17.3. The summed E-state index contributed by atoms with van der Waals surface area (Å²) in [5.74, 6) is 1.01. The lowest BCUT2D eigenvalue weighted by molar-refractivity contribution is -0.122. The van der Waals surface area contributed by atoms with E-state index in [-0.39, 0.29) is 11.7 Å². The van der Waals surface area contributed by atoms with Crippen molar-refractivity contribution in [1.82, 2.24) is 10.3 Å². The highest BCUT2D eigenvalue weighted by molar-refractivity contribution is 6.33. The van der Waals surface area contributed by atoms with Gasteiger partial charge in [0.15, 0.2) is 0 Å². The number of rotatable bonds is 7. The van der Waals surface area contributed by atoms with E-state index in [1.54, 1.807) is 6.20 Å². The molecule has 2 aliphatic heterocycles. The minimum absolute atomic E-state index is 0.0948. The predicted octanol–water partition coefficient (Wildman–Crippen LogP) is 4.35. The highest BCUT2D eigenvalue weighted by Gasteiger charge is 2.21. The molecular weight excluding hydrogens is 398 g/mol. The first-order chi connectivity index (χ1) is 14.7. The van der Waals surface area contributed by atoms with E-state index in [4.69, 9.17) is 16.3 Å². The van der Waals surface area contributed by atoms with Gasteiger partial charge in [0.25, 0.3) is 0 Å². The summed E-state index contributed by atoms with van der Waals surface area (Å²) < 4.78 is 5.44. The first kappa shape index (κ1) is 21.3. The van der Waals surface area contributed by atoms with Crippen molar-refractivity contribution < 1.29 is 9.53 Å². The monoisotopic (exact) mass is 427 g/mol. The summed E-state index contributed by atoms with van der Waals surface area (Å²) in [6, 6.07) is 10.3. The van der Waals surface area contributed by atoms with Gasteiger partial charge in [-0.2, -0.15) is 0 Å². The maximum absolute atomic E-state index is 12.7. The van der Waals surface area contributed by atoms with Gasteiger partial charge in [0.2, 0.25) is 0 Å². The van der Waals surface area contributed by atoms with E-state index in [1.807, 2.05) is 12.1 Å². The van der Waals surface area contributed by atoms with Crippen LogP contribution in [0, 0.1) is 11.8 Å². The lowest BCUT2D eigenvalue weighted by atomic mass is 9.92. The van der Waals surface area contributed by atoms with E-state index in [2.05, 4.69) is 33.8 Å². The van der Waals surface area contributed by atoms with E-state index in [0.717, 1.165) is 81.0 Å². The molecule has 5 nitrogen and oxygen atoms in total. The Balaban J connectivity index is 1.45. The van der Waals surface area contributed by atoms with Crippen LogP contribution in [0.2, 0.25) is 5.02 Å². The molecule has 2 aliphatic rings. The third-order valence-corrected chi connectivity index (χ3v) is 6.43. The van der Waals surface area contributed by atoms with E-state index < -0.39 is 0 Å². The maximum Gasteiger partial charge on any atom is 0.143 e. The number of ether oxygens (including phenoxy) is 1. The van der Waals surface area contributed by atoms with Gasteiger partial charge in [-0.05, 0) is 61.9 Å². The molecule has 0 radical (unpaired) electrons. The Bertz CT molecular complexity index is 861. The maximum atomic E-state index is 12.7. The van der Waals surface area contributed by atoms with Gasteiger partial charge in [0.05, 0.1) is 5.02 Å². The predicted molar refractivity (Wildman–Crippen MR) is 121 cm³/mol. The molecule has 0 spiro atoms. The van der Waals surface area contributed by atoms with Crippen molar-refractivity contribution in [2.75, 3.05) is 38.2 Å². The van der Waals surface area contributed by atoms with Gasteiger partial charge in [-0.25, -0.2) is 0 Å². The SMILES string of the molecule is O=C(Cc1cc(-c2cccc(NCC3CCOCC3)c2)c(Cl)cn1)[C@@H]1CCCNC1. The Morgan fingerprint density at radius 1 is 1.23 bits per heavy atom. The second-order valence-corrected chi connectivity index (χ2v) is 8.77. The molecule has 0 amide bonds. The number of benzene rings is 1. The Morgan fingerprint density at radius 2 is 2.10 bits per heavy atom. The van der Waals surface area contributed by atoms with Crippen molar-refractivity contribution >= 4 is 23.1 Å². The van der Waals surface area contributed by atoms with Crippen molar-refractivity contribution in [3.63, 3.8) is 0 Å². The second-order valence-electron chi connectivity index (χ2n) is 8.36. The van der Waals surface area contributed by atoms with Crippen molar-refractivity contribution in [2.24, 2.45) is 11.8 Å². The summed E-state index contributed by atoms with van der Waals surface area (Å²) in [6.07, 6.45) is 6.27. The summed E-state index contributed by atoms with van der Waals surface area (Å²) in [7, 11) is 0. The van der Waals surface area contributed by atoms with Crippen LogP contribution < -0.4 is 10.6 Å². The lowest BCUT2D eigenvalue weighted by Gasteiger charge is -2.22. The Labute approximate surface area is 183 Å². The van der Waals surface area contributed by atoms with E-state index in [9.17, 15) is 4.79 Å². The average molecular weight is 428 g/mol. The van der Waals surface area contributed by atoms with Crippen LogP contribution in [0.15, 0.2) is 36.5 Å². The molecule has 6 heteroatoms. The van der Waals surface area contributed by atoms with E-state index in [1.165, 1.54) is 0 Å². The van der Waals surface area contributed by atoms with Crippen LogP contribution in [0.5, 0.6) is 0 Å². The Hall–Kier alpha value is -1.95. The molecule has 0 unspecified atom stereocenters. The average Bonchev–Trinajstić information content (AvgIpc) is 2.80. The number of carbonyl (C=O) groups is 1. The molecule has 2 N–H and O–H groups in total. The van der Waals surface area contributed by atoms with Crippen LogP contribution in [-0.4, -0.2) is 43.6 Å². The first-order valence-corrected chi connectivity index (χ1v) is 11.4. The third kappa shape index (κ3) is 5.60. The third-order valence-electron chi connectivity index (χ3n) is 6.13. The molecule has 2 saturated heterocycles. The molecule has 0 aliphatic carbocycles. The van der Waals surface area contributed by atoms with E-state index in [0.29, 0.717) is 17.4 Å². The molecule has 160 valence electrons. The number of ketones is 1. The number of piperidine rings is 1. The molecule has 0 bridgehead atoms. The van der Waals surface area contributed by atoms with Crippen molar-refractivity contribution in [2.45, 2.75) is 32.1 Å². The first-order valence-electron chi connectivity index (χ1n) is 11.0. The Kier molecular flexibility index (Phi) is 7.37. The molecule has 1 aromatic carbocycles. The van der Waals surface area contributed by atoms with Gasteiger partial charge < -0.3 is 15.4 Å². The van der Waals surface area contributed by atoms with Crippen LogP contribution in [0.1, 0.15) is 31.4 Å². The topological polar surface area (TPSA) is 63.2 Å². The number of nitrogens with one attached hydrogen (secondary N) is 2. The van der Waals surface area contributed by atoms with Gasteiger partial charge in [-0.1, -0.05) is 23.7 Å². The summed E-state index contributed by atoms with van der Waals surface area (Å²) in [4.78, 5) is 17.1. The number of aromatic nitrogens is 1. The summed E-state index contributed by atoms with van der Waals surface area (Å²) in [5.41, 5.74) is 3.82. The molecule has 1 aromatic heterocycles. The summed E-state index contributed by atoms with van der Waals surface area (Å²) in [5, 5.41) is 7.48. The molecule has 2 fully saturated rings. The molecule has 30 heavy (non-hydrogen) atoms. The zero-order valence-corrected chi connectivity index (χ0v) is 18.1. The van der Waals surface area contributed by atoms with Crippen LogP contribution in [0.25, 0.3) is 11.1 Å². The molecule has 2 aromatic rings. The number of nitrogens with zero attached hydrogens (tertiary/aromatic N) is 1. The van der Waals surface area contributed by atoms with Crippen LogP contribution in [-0.2, 0) is 16.0 Å². The number of halogens is 1. The van der Waals surface area contributed by atoms with Crippen molar-refractivity contribution in [3.8, 4) is 11.1 Å². The number of hydrogen-bond donors (Lipinski definition) is 2. The fraction of sp³-hybridized carbons (Fsp3) is 0.500. The number of hydrogen-bond acceptors (Lipinski definition) is 5. The lowest BCUT2D eigenvalue weighted by Crippen LogP contribution is -2.35. The molecule has 0 saturated carbocycles. The molecule has 3 heterocycles. The fourth-order valence-electron chi connectivity index (χ4n) is 4.26. The fourth-order valence-corrected chi connectivity index (χ4v) is 4.47. The molecular formula is C24H30ClN3O2. The van der Waals surface area contributed by atoms with Gasteiger partial charge in [0, 0.05) is 61.8 Å². The second kappa shape index (κ2) is 10.4. The van der Waals surface area contributed by atoms with Crippen LogP contribution >= 0.6 is 11.6 Å². The van der Waals surface area contributed by atoms with Gasteiger partial charge in [-0.3, -0.25) is 9.78 Å². The standard InChI is InChI=1S/C24H30ClN3O2/c25-23-16-28-21(13-24(29)19-4-2-8-26-15-19)12-22(23)18-3-1-5-20(11-18)27-14-17-6-9-30-10-7-17/h1,3,5,11-12,16-17,19,26-27H,2,4,6-10,13-15H2/t19-/m1/s1.